The third-order valence-corrected chi connectivity index (χ3v) is 3.35. The Labute approximate surface area is 108 Å². The van der Waals surface area contributed by atoms with Crippen LogP contribution in [0.3, 0.4) is 0 Å². The molecule has 5 heteroatoms. The summed E-state index contributed by atoms with van der Waals surface area (Å²) < 4.78 is 0. The number of nitrogens with one attached hydrogen (secondary N) is 1. The molecule has 0 unspecified atom stereocenters. The monoisotopic (exact) mass is 248 g/mol. The number of rotatable bonds is 2. The lowest BCUT2D eigenvalue weighted by molar-refractivity contribution is 0.0665. The maximum atomic E-state index is 12.4. The Hall–Kier alpha value is -1.59. The molecule has 98 valence electrons. The van der Waals surface area contributed by atoms with Crippen molar-refractivity contribution in [2.24, 2.45) is 5.84 Å². The van der Waals surface area contributed by atoms with E-state index >= 15 is 0 Å². The van der Waals surface area contributed by atoms with Crippen LogP contribution in [0.2, 0.25) is 0 Å². The number of benzene rings is 1. The predicted octanol–water partition coefficient (Wildman–Crippen LogP) is 0.668. The number of amides is 1. The van der Waals surface area contributed by atoms with Crippen molar-refractivity contribution in [2.75, 3.05) is 38.7 Å². The molecule has 18 heavy (non-hydrogen) atoms. The van der Waals surface area contributed by atoms with Gasteiger partial charge in [0.05, 0.1) is 11.3 Å². The first kappa shape index (κ1) is 12.9. The smallest absolute Gasteiger partial charge is 0.256 e. The summed E-state index contributed by atoms with van der Waals surface area (Å²) in [4.78, 5) is 16.5. The molecular formula is C13H20N4O. The van der Waals surface area contributed by atoms with Gasteiger partial charge in [-0.05, 0) is 31.7 Å². The fourth-order valence-corrected chi connectivity index (χ4v) is 2.14. The van der Waals surface area contributed by atoms with Crippen molar-refractivity contribution in [3.05, 3.63) is 29.3 Å². The normalized spacial score (nSPS) is 16.7. The van der Waals surface area contributed by atoms with Gasteiger partial charge in [0.25, 0.3) is 5.91 Å². The summed E-state index contributed by atoms with van der Waals surface area (Å²) in [5.41, 5.74) is 5.03. The topological polar surface area (TPSA) is 61.6 Å². The van der Waals surface area contributed by atoms with Gasteiger partial charge in [0, 0.05) is 26.2 Å². The number of carbonyl (C=O) groups excluding carboxylic acids is 1. The molecule has 1 aromatic carbocycles. The number of nitrogens with zero attached hydrogens (tertiary/aromatic N) is 2. The number of likely N-dealkylation sites (N-methyl/N-ethyl adjacent to an activating group) is 1. The summed E-state index contributed by atoms with van der Waals surface area (Å²) in [5, 5.41) is 0. The zero-order chi connectivity index (χ0) is 13.1. The van der Waals surface area contributed by atoms with Gasteiger partial charge < -0.3 is 15.2 Å². The fourth-order valence-electron chi connectivity index (χ4n) is 2.14. The van der Waals surface area contributed by atoms with E-state index in [0.29, 0.717) is 11.3 Å². The molecule has 0 bridgehead atoms. The van der Waals surface area contributed by atoms with E-state index in [9.17, 15) is 4.79 Å². The Bertz CT molecular complexity index is 439. The molecule has 0 radical (unpaired) electrons. The Balaban J connectivity index is 2.18. The molecule has 1 aromatic rings. The van der Waals surface area contributed by atoms with Gasteiger partial charge >= 0.3 is 0 Å². The Morgan fingerprint density at radius 1 is 1.28 bits per heavy atom. The first-order chi connectivity index (χ1) is 8.61. The van der Waals surface area contributed by atoms with E-state index in [1.54, 1.807) is 0 Å². The van der Waals surface area contributed by atoms with E-state index in [2.05, 4.69) is 17.4 Å². The number of anilines is 1. The van der Waals surface area contributed by atoms with Crippen molar-refractivity contribution >= 4 is 11.6 Å². The third kappa shape index (κ3) is 2.63. The lowest BCUT2D eigenvalue weighted by atomic mass is 10.1. The van der Waals surface area contributed by atoms with E-state index in [-0.39, 0.29) is 5.91 Å². The quantitative estimate of drug-likeness (QED) is 0.596. The highest BCUT2D eigenvalue weighted by Gasteiger charge is 2.22. The van der Waals surface area contributed by atoms with Crippen LogP contribution < -0.4 is 11.3 Å². The van der Waals surface area contributed by atoms with Gasteiger partial charge in [-0.25, -0.2) is 0 Å². The van der Waals surface area contributed by atoms with Crippen LogP contribution >= 0.6 is 0 Å². The SMILES string of the molecule is Cc1ccc(C(=O)N2CCN(C)CC2)c(NN)c1. The molecule has 5 nitrogen and oxygen atoms in total. The molecule has 0 saturated carbocycles. The van der Waals surface area contributed by atoms with Crippen molar-refractivity contribution in [3.63, 3.8) is 0 Å². The second-order valence-electron chi connectivity index (χ2n) is 4.79. The van der Waals surface area contributed by atoms with Crippen molar-refractivity contribution in [3.8, 4) is 0 Å². The number of carbonyl (C=O) groups is 1. The summed E-state index contributed by atoms with van der Waals surface area (Å²) in [6.45, 7) is 5.36. The molecule has 1 aliphatic heterocycles. The zero-order valence-electron chi connectivity index (χ0n) is 10.9. The molecule has 1 aliphatic rings. The van der Waals surface area contributed by atoms with E-state index in [4.69, 9.17) is 5.84 Å². The molecule has 0 aliphatic carbocycles. The summed E-state index contributed by atoms with van der Waals surface area (Å²) in [6.07, 6.45) is 0. The largest absolute Gasteiger partial charge is 0.336 e. The van der Waals surface area contributed by atoms with Crippen LogP contribution in [0.4, 0.5) is 5.69 Å². The Morgan fingerprint density at radius 3 is 2.56 bits per heavy atom. The van der Waals surface area contributed by atoms with E-state index < -0.39 is 0 Å². The predicted molar refractivity (Wildman–Crippen MR) is 72.4 cm³/mol. The minimum atomic E-state index is 0.0519. The van der Waals surface area contributed by atoms with Crippen molar-refractivity contribution in [1.82, 2.24) is 9.80 Å². The molecule has 1 heterocycles. The molecule has 1 amide bonds. The average molecular weight is 248 g/mol. The number of hydrogen-bond acceptors (Lipinski definition) is 4. The molecular weight excluding hydrogens is 228 g/mol. The van der Waals surface area contributed by atoms with Crippen LogP contribution in [-0.4, -0.2) is 48.9 Å². The average Bonchev–Trinajstić information content (AvgIpc) is 2.38. The number of hydrogen-bond donors (Lipinski definition) is 2. The lowest BCUT2D eigenvalue weighted by Gasteiger charge is -2.32. The first-order valence-electron chi connectivity index (χ1n) is 6.17. The second kappa shape index (κ2) is 5.37. The van der Waals surface area contributed by atoms with E-state index in [0.717, 1.165) is 31.7 Å². The molecule has 3 N–H and O–H groups in total. The third-order valence-electron chi connectivity index (χ3n) is 3.35. The maximum Gasteiger partial charge on any atom is 0.256 e. The van der Waals surface area contributed by atoms with E-state index in [1.807, 2.05) is 30.0 Å². The molecule has 1 fully saturated rings. The number of nitrogens with two attached hydrogens (primary N) is 1. The van der Waals surface area contributed by atoms with E-state index in [1.165, 1.54) is 0 Å². The van der Waals surface area contributed by atoms with Gasteiger partial charge in [-0.1, -0.05) is 6.07 Å². The molecule has 0 atom stereocenters. The molecule has 2 rings (SSSR count). The highest BCUT2D eigenvalue weighted by molar-refractivity contribution is 5.99. The van der Waals surface area contributed by atoms with Gasteiger partial charge in [0.2, 0.25) is 0 Å². The summed E-state index contributed by atoms with van der Waals surface area (Å²) in [5.74, 6) is 5.53. The van der Waals surface area contributed by atoms with Crippen molar-refractivity contribution in [2.45, 2.75) is 6.92 Å². The molecule has 0 aromatic heterocycles. The highest BCUT2D eigenvalue weighted by Crippen LogP contribution is 2.19. The van der Waals surface area contributed by atoms with Gasteiger partial charge in [-0.2, -0.15) is 0 Å². The molecule has 0 spiro atoms. The van der Waals surface area contributed by atoms with Crippen LogP contribution in [0.1, 0.15) is 15.9 Å². The Morgan fingerprint density at radius 2 is 1.94 bits per heavy atom. The summed E-state index contributed by atoms with van der Waals surface area (Å²) in [6, 6.07) is 5.67. The van der Waals surface area contributed by atoms with Gasteiger partial charge in [0.15, 0.2) is 0 Å². The minimum Gasteiger partial charge on any atom is -0.336 e. The number of aryl methyl sites for hydroxylation is 1. The van der Waals surface area contributed by atoms with Crippen LogP contribution in [-0.2, 0) is 0 Å². The zero-order valence-corrected chi connectivity index (χ0v) is 10.9. The second-order valence-corrected chi connectivity index (χ2v) is 4.79. The van der Waals surface area contributed by atoms with Crippen LogP contribution in [0.25, 0.3) is 0 Å². The first-order valence-corrected chi connectivity index (χ1v) is 6.17. The van der Waals surface area contributed by atoms with Gasteiger partial charge in [-0.15, -0.1) is 0 Å². The number of nitrogen functional groups attached to an aromatic ring is 1. The summed E-state index contributed by atoms with van der Waals surface area (Å²) in [7, 11) is 2.07. The number of piperazine rings is 1. The summed E-state index contributed by atoms with van der Waals surface area (Å²) >= 11 is 0. The van der Waals surface area contributed by atoms with Crippen molar-refractivity contribution in [1.29, 1.82) is 0 Å². The van der Waals surface area contributed by atoms with Crippen LogP contribution in [0.15, 0.2) is 18.2 Å². The maximum absolute atomic E-state index is 12.4. The van der Waals surface area contributed by atoms with Crippen LogP contribution in [0, 0.1) is 6.92 Å². The lowest BCUT2D eigenvalue weighted by Crippen LogP contribution is -2.47. The number of hydrazine groups is 1. The van der Waals surface area contributed by atoms with Gasteiger partial charge in [-0.3, -0.25) is 10.6 Å². The standard InChI is InChI=1S/C13H20N4O/c1-10-3-4-11(12(9-10)15-14)13(18)17-7-5-16(2)6-8-17/h3-4,9,15H,5-8,14H2,1-2H3. The highest BCUT2D eigenvalue weighted by atomic mass is 16.2. The Kier molecular flexibility index (Phi) is 3.84. The molecule has 1 saturated heterocycles. The van der Waals surface area contributed by atoms with Crippen LogP contribution in [0.5, 0.6) is 0 Å². The van der Waals surface area contributed by atoms with Gasteiger partial charge in [0.1, 0.15) is 0 Å². The minimum absolute atomic E-state index is 0.0519. The van der Waals surface area contributed by atoms with Crippen molar-refractivity contribution < 1.29 is 4.79 Å². The fraction of sp³-hybridized carbons (Fsp3) is 0.462.